The molecule has 34 heavy (non-hydrogen) atoms. The summed E-state index contributed by atoms with van der Waals surface area (Å²) in [6, 6.07) is 13.2. The number of unbranched alkanes of at least 4 members (excludes halogenated alkanes) is 1. The zero-order valence-electron chi connectivity index (χ0n) is 20.0. The molecule has 1 fully saturated rings. The van der Waals surface area contributed by atoms with E-state index >= 15 is 0 Å². The van der Waals surface area contributed by atoms with Gasteiger partial charge in [-0.2, -0.15) is 0 Å². The Bertz CT molecular complexity index is 1060. The molecule has 3 aromatic rings. The maximum Gasteiger partial charge on any atom is 0.260 e. The van der Waals surface area contributed by atoms with Gasteiger partial charge in [-0.15, -0.1) is 0 Å². The number of carbonyl (C=O) groups excluding carboxylic acids is 1. The van der Waals surface area contributed by atoms with Gasteiger partial charge in [0.2, 0.25) is 0 Å². The SMILES string of the molecule is CCCCOc1ccc(C(=O)N(CCCN2CCOCC2)c2nc3ccc(OC)cc3s2)cc1. The summed E-state index contributed by atoms with van der Waals surface area (Å²) in [5.41, 5.74) is 1.50. The Balaban J connectivity index is 1.52. The Labute approximate surface area is 205 Å². The number of rotatable bonds is 11. The molecule has 2 aromatic carbocycles. The monoisotopic (exact) mass is 483 g/mol. The molecule has 0 spiro atoms. The summed E-state index contributed by atoms with van der Waals surface area (Å²) in [7, 11) is 1.65. The molecule has 1 aliphatic heterocycles. The molecule has 1 amide bonds. The van der Waals surface area contributed by atoms with Crippen molar-refractivity contribution < 1.29 is 19.0 Å². The van der Waals surface area contributed by atoms with E-state index in [4.69, 9.17) is 19.2 Å². The van der Waals surface area contributed by atoms with Crippen LogP contribution >= 0.6 is 11.3 Å². The lowest BCUT2D eigenvalue weighted by atomic mass is 10.2. The Hall–Kier alpha value is -2.68. The molecule has 0 unspecified atom stereocenters. The van der Waals surface area contributed by atoms with Crippen LogP contribution in [-0.2, 0) is 4.74 Å². The van der Waals surface area contributed by atoms with E-state index < -0.39 is 0 Å². The number of anilines is 1. The second-order valence-electron chi connectivity index (χ2n) is 8.32. The normalized spacial score (nSPS) is 14.3. The number of methoxy groups -OCH3 is 1. The molecule has 0 N–H and O–H groups in total. The molecule has 1 aliphatic rings. The van der Waals surface area contributed by atoms with Crippen LogP contribution in [-0.4, -0.2) is 68.9 Å². The van der Waals surface area contributed by atoms with E-state index in [2.05, 4.69) is 11.8 Å². The van der Waals surface area contributed by atoms with Crippen molar-refractivity contribution in [3.8, 4) is 11.5 Å². The van der Waals surface area contributed by atoms with Gasteiger partial charge < -0.3 is 14.2 Å². The molecule has 0 atom stereocenters. The first-order valence-electron chi connectivity index (χ1n) is 12.0. The van der Waals surface area contributed by atoms with Gasteiger partial charge >= 0.3 is 0 Å². The number of ether oxygens (including phenoxy) is 3. The van der Waals surface area contributed by atoms with Crippen molar-refractivity contribution in [1.29, 1.82) is 0 Å². The fourth-order valence-corrected chi connectivity index (χ4v) is 4.90. The van der Waals surface area contributed by atoms with Gasteiger partial charge in [-0.25, -0.2) is 4.98 Å². The fourth-order valence-electron chi connectivity index (χ4n) is 3.88. The smallest absolute Gasteiger partial charge is 0.260 e. The van der Waals surface area contributed by atoms with Crippen LogP contribution < -0.4 is 14.4 Å². The average Bonchev–Trinajstić information content (AvgIpc) is 3.30. The molecule has 182 valence electrons. The number of aromatic nitrogens is 1. The van der Waals surface area contributed by atoms with E-state index in [9.17, 15) is 4.79 Å². The van der Waals surface area contributed by atoms with E-state index in [0.717, 1.165) is 73.8 Å². The number of amides is 1. The molecule has 4 rings (SSSR count). The van der Waals surface area contributed by atoms with Crippen molar-refractivity contribution in [2.75, 3.05) is 58.0 Å². The van der Waals surface area contributed by atoms with Crippen LogP contribution in [0, 0.1) is 0 Å². The largest absolute Gasteiger partial charge is 0.497 e. The van der Waals surface area contributed by atoms with Gasteiger partial charge in [0.15, 0.2) is 5.13 Å². The lowest BCUT2D eigenvalue weighted by Crippen LogP contribution is -2.39. The topological polar surface area (TPSA) is 64.1 Å². The Morgan fingerprint density at radius 1 is 1.12 bits per heavy atom. The van der Waals surface area contributed by atoms with E-state index in [-0.39, 0.29) is 5.91 Å². The third-order valence-electron chi connectivity index (χ3n) is 5.89. The number of morpholine rings is 1. The maximum atomic E-state index is 13.6. The van der Waals surface area contributed by atoms with Crippen molar-refractivity contribution in [3.63, 3.8) is 0 Å². The van der Waals surface area contributed by atoms with Gasteiger partial charge in [-0.1, -0.05) is 24.7 Å². The standard InChI is InChI=1S/C26H33N3O4S/c1-3-4-16-33-21-8-6-20(7-9-21)25(30)29(13-5-12-28-14-17-32-18-15-28)26-27-23-11-10-22(31-2)19-24(23)34-26/h6-11,19H,3-5,12-18H2,1-2H3. The maximum absolute atomic E-state index is 13.6. The van der Waals surface area contributed by atoms with Crippen LogP contribution in [0.5, 0.6) is 11.5 Å². The summed E-state index contributed by atoms with van der Waals surface area (Å²) in [5.74, 6) is 1.52. The van der Waals surface area contributed by atoms with E-state index in [1.54, 1.807) is 7.11 Å². The van der Waals surface area contributed by atoms with E-state index in [0.29, 0.717) is 23.8 Å². The van der Waals surface area contributed by atoms with Gasteiger partial charge in [-0.05, 0) is 55.3 Å². The summed E-state index contributed by atoms with van der Waals surface area (Å²) < 4.78 is 17.6. The van der Waals surface area contributed by atoms with Crippen molar-refractivity contribution in [2.24, 2.45) is 0 Å². The van der Waals surface area contributed by atoms with Gasteiger partial charge in [0.1, 0.15) is 11.5 Å². The molecular weight excluding hydrogens is 450 g/mol. The minimum atomic E-state index is -0.0480. The minimum absolute atomic E-state index is 0.0480. The van der Waals surface area contributed by atoms with Crippen LogP contribution in [0.15, 0.2) is 42.5 Å². The van der Waals surface area contributed by atoms with Crippen LogP contribution in [0.2, 0.25) is 0 Å². The van der Waals surface area contributed by atoms with E-state index in [1.165, 1.54) is 11.3 Å². The second kappa shape index (κ2) is 12.1. The number of thiazole rings is 1. The molecule has 1 aromatic heterocycles. The first-order chi connectivity index (χ1) is 16.7. The molecule has 0 radical (unpaired) electrons. The van der Waals surface area contributed by atoms with Crippen molar-refractivity contribution in [1.82, 2.24) is 9.88 Å². The molecule has 0 aliphatic carbocycles. The number of fused-ring (bicyclic) bond motifs is 1. The van der Waals surface area contributed by atoms with Crippen molar-refractivity contribution in [2.45, 2.75) is 26.2 Å². The highest BCUT2D eigenvalue weighted by Crippen LogP contribution is 2.32. The highest BCUT2D eigenvalue weighted by atomic mass is 32.1. The number of nitrogens with zero attached hydrogens (tertiary/aromatic N) is 3. The molecule has 8 heteroatoms. The van der Waals surface area contributed by atoms with Crippen LogP contribution in [0.4, 0.5) is 5.13 Å². The zero-order valence-corrected chi connectivity index (χ0v) is 20.8. The Morgan fingerprint density at radius 2 is 1.88 bits per heavy atom. The molecule has 1 saturated heterocycles. The minimum Gasteiger partial charge on any atom is -0.497 e. The number of carbonyl (C=O) groups is 1. The highest BCUT2D eigenvalue weighted by molar-refractivity contribution is 7.22. The van der Waals surface area contributed by atoms with Gasteiger partial charge in [0.05, 0.1) is 37.1 Å². The number of hydrogen-bond donors (Lipinski definition) is 0. The van der Waals surface area contributed by atoms with Gasteiger partial charge in [-0.3, -0.25) is 14.6 Å². The Kier molecular flexibility index (Phi) is 8.73. The first-order valence-corrected chi connectivity index (χ1v) is 12.8. The van der Waals surface area contributed by atoms with Crippen LogP contribution in [0.3, 0.4) is 0 Å². The van der Waals surface area contributed by atoms with Crippen molar-refractivity contribution in [3.05, 3.63) is 48.0 Å². The van der Waals surface area contributed by atoms with Crippen LogP contribution in [0.1, 0.15) is 36.5 Å². The first kappa shape index (κ1) is 24.4. The molecule has 0 saturated carbocycles. The highest BCUT2D eigenvalue weighted by Gasteiger charge is 2.22. The number of hydrogen-bond acceptors (Lipinski definition) is 7. The fraction of sp³-hybridized carbons (Fsp3) is 0.462. The summed E-state index contributed by atoms with van der Waals surface area (Å²) in [6.07, 6.45) is 2.97. The molecular formula is C26H33N3O4S. The average molecular weight is 484 g/mol. The van der Waals surface area contributed by atoms with Gasteiger partial charge in [0, 0.05) is 31.7 Å². The third kappa shape index (κ3) is 6.25. The summed E-state index contributed by atoms with van der Waals surface area (Å²) in [5, 5.41) is 0.707. The zero-order chi connectivity index (χ0) is 23.8. The lowest BCUT2D eigenvalue weighted by Gasteiger charge is -2.27. The molecule has 7 nitrogen and oxygen atoms in total. The Morgan fingerprint density at radius 3 is 2.62 bits per heavy atom. The summed E-state index contributed by atoms with van der Waals surface area (Å²) in [4.78, 5) is 22.6. The van der Waals surface area contributed by atoms with Crippen molar-refractivity contribution >= 4 is 32.6 Å². The third-order valence-corrected chi connectivity index (χ3v) is 6.93. The summed E-state index contributed by atoms with van der Waals surface area (Å²) >= 11 is 1.52. The predicted octanol–water partition coefficient (Wildman–Crippen LogP) is 4.85. The van der Waals surface area contributed by atoms with E-state index in [1.807, 2.05) is 47.4 Å². The quantitative estimate of drug-likeness (QED) is 0.363. The van der Waals surface area contributed by atoms with Crippen LogP contribution in [0.25, 0.3) is 10.2 Å². The van der Waals surface area contributed by atoms with Gasteiger partial charge in [0.25, 0.3) is 5.91 Å². The summed E-state index contributed by atoms with van der Waals surface area (Å²) in [6.45, 7) is 7.77. The lowest BCUT2D eigenvalue weighted by molar-refractivity contribution is 0.0376. The molecule has 2 heterocycles. The second-order valence-corrected chi connectivity index (χ2v) is 9.33. The molecule has 0 bridgehead atoms. The number of benzene rings is 2. The predicted molar refractivity (Wildman–Crippen MR) is 137 cm³/mol.